The molecule has 0 aliphatic carbocycles. The number of hydrogen-bond acceptors (Lipinski definition) is 5. The highest BCUT2D eigenvalue weighted by Crippen LogP contribution is 2.35. The molecule has 43 heavy (non-hydrogen) atoms. The molecule has 2 amide bonds. The van der Waals surface area contributed by atoms with Gasteiger partial charge in [-0.15, -0.1) is 0 Å². The molecule has 1 atom stereocenters. The summed E-state index contributed by atoms with van der Waals surface area (Å²) in [5.74, 6) is 0. The smallest absolute Gasteiger partial charge is 0.308 e. The van der Waals surface area contributed by atoms with Crippen LogP contribution in [0, 0.1) is 0 Å². The van der Waals surface area contributed by atoms with Crippen molar-refractivity contribution in [3.8, 4) is 11.1 Å². The van der Waals surface area contributed by atoms with E-state index >= 15 is 0 Å². The number of likely N-dealkylation sites (N-methyl/N-ethyl adjacent to an activating group) is 1. The number of halogens is 3. The molecule has 1 aliphatic heterocycles. The Morgan fingerprint density at radius 3 is 2.19 bits per heavy atom. The number of urea groups is 1. The van der Waals surface area contributed by atoms with Crippen LogP contribution in [0.15, 0.2) is 48.5 Å². The summed E-state index contributed by atoms with van der Waals surface area (Å²) >= 11 is 0. The second kappa shape index (κ2) is 11.9. The van der Waals surface area contributed by atoms with Crippen LogP contribution >= 0.6 is 9.24 Å². The average molecular weight is 612 g/mol. The summed E-state index contributed by atoms with van der Waals surface area (Å²) in [6, 6.07) is 12.7. The van der Waals surface area contributed by atoms with Crippen LogP contribution in [0.25, 0.3) is 22.2 Å². The van der Waals surface area contributed by atoms with E-state index in [0.29, 0.717) is 18.8 Å². The molecule has 3 heterocycles. The van der Waals surface area contributed by atoms with Crippen molar-refractivity contribution in [1.82, 2.24) is 24.6 Å². The number of alkyl halides is 3. The number of rotatable bonds is 5. The van der Waals surface area contributed by atoms with Gasteiger partial charge in [-0.3, -0.25) is 4.90 Å². The van der Waals surface area contributed by atoms with Gasteiger partial charge in [0.05, 0.1) is 16.4 Å². The molecule has 5 rings (SSSR count). The Labute approximate surface area is 251 Å². The minimum absolute atomic E-state index is 0.0713. The zero-order valence-corrected chi connectivity index (χ0v) is 26.2. The number of pyridine rings is 1. The third kappa shape index (κ3) is 7.00. The van der Waals surface area contributed by atoms with Gasteiger partial charge in [0, 0.05) is 62.3 Å². The van der Waals surface area contributed by atoms with Gasteiger partial charge in [0.25, 0.3) is 0 Å². The second-order valence-corrected chi connectivity index (χ2v) is 12.7. The lowest BCUT2D eigenvalue weighted by molar-refractivity contribution is -0.138. The molecule has 228 valence electrons. The van der Waals surface area contributed by atoms with Gasteiger partial charge in [-0.05, 0) is 54.1 Å². The number of nitrogens with zero attached hydrogens (tertiary/aromatic N) is 5. The Morgan fingerprint density at radius 1 is 0.930 bits per heavy atom. The molecule has 1 aliphatic rings. The third-order valence-electron chi connectivity index (χ3n) is 7.71. The van der Waals surface area contributed by atoms with Gasteiger partial charge in [0.1, 0.15) is 0 Å². The Balaban J connectivity index is 1.32. The maximum Gasteiger partial charge on any atom is 0.416 e. The van der Waals surface area contributed by atoms with Crippen LogP contribution in [-0.2, 0) is 25.2 Å². The lowest BCUT2D eigenvalue weighted by Gasteiger charge is -2.33. The molecule has 2 aromatic heterocycles. The Bertz CT molecular complexity index is 1640. The summed E-state index contributed by atoms with van der Waals surface area (Å²) < 4.78 is 43.6. The molecular formula is C31H37F3N7OP. The molecule has 2 N–H and O–H groups in total. The molecule has 4 aromatic rings. The zero-order chi connectivity index (χ0) is 31.1. The first-order valence-corrected chi connectivity index (χ1v) is 14.7. The third-order valence-corrected chi connectivity index (χ3v) is 8.11. The van der Waals surface area contributed by atoms with Crippen molar-refractivity contribution in [2.45, 2.75) is 38.9 Å². The van der Waals surface area contributed by atoms with Crippen LogP contribution in [-0.4, -0.2) is 63.8 Å². The van der Waals surface area contributed by atoms with Gasteiger partial charge in [-0.1, -0.05) is 48.2 Å². The lowest BCUT2D eigenvalue weighted by Crippen LogP contribution is -2.44. The standard InChI is InChI=1S/C31H37F3N7OP/c1-30(2,3)25-17-23(26-27(37-25)40(5)38-28(26)43)19-6-9-21(10-7-19)35-29(42)36-22-11-8-20(24(16-22)31(32,33)34)18-41-14-12-39(4)13-15-41/h6-11,16-17H,12-15,18,43H2,1-5H3,(H2,35,36,42). The van der Waals surface area contributed by atoms with Crippen molar-refractivity contribution in [2.75, 3.05) is 43.9 Å². The predicted octanol–water partition coefficient (Wildman–Crippen LogP) is 5.84. The molecular weight excluding hydrogens is 574 g/mol. The number of amides is 2. The molecule has 12 heteroatoms. The molecule has 0 saturated carbocycles. The first kappa shape index (κ1) is 30.9. The van der Waals surface area contributed by atoms with Gasteiger partial charge < -0.3 is 15.5 Å². The average Bonchev–Trinajstić information content (AvgIpc) is 3.22. The predicted molar refractivity (Wildman–Crippen MR) is 169 cm³/mol. The first-order valence-electron chi connectivity index (χ1n) is 14.1. The van der Waals surface area contributed by atoms with E-state index in [2.05, 4.69) is 56.7 Å². The van der Waals surface area contributed by atoms with Crippen LogP contribution in [0.5, 0.6) is 0 Å². The van der Waals surface area contributed by atoms with E-state index in [0.717, 1.165) is 52.4 Å². The van der Waals surface area contributed by atoms with Crippen molar-refractivity contribution in [3.05, 3.63) is 65.4 Å². The van der Waals surface area contributed by atoms with Crippen LogP contribution in [0.4, 0.5) is 29.3 Å². The summed E-state index contributed by atoms with van der Waals surface area (Å²) in [5, 5.41) is 10.7. The number of hydrogen-bond donors (Lipinski definition) is 2. The number of fused-ring (bicyclic) bond motifs is 1. The molecule has 0 spiro atoms. The number of nitrogens with one attached hydrogen (secondary N) is 2. The van der Waals surface area contributed by atoms with Crippen LogP contribution in [0.1, 0.15) is 37.6 Å². The maximum absolute atomic E-state index is 14.0. The van der Waals surface area contributed by atoms with Crippen LogP contribution in [0.3, 0.4) is 0 Å². The normalized spacial score (nSPS) is 15.2. The summed E-state index contributed by atoms with van der Waals surface area (Å²) in [6.07, 6.45) is -4.54. The summed E-state index contributed by atoms with van der Waals surface area (Å²) in [5.41, 5.74) is 4.24. The summed E-state index contributed by atoms with van der Waals surface area (Å²) in [6.45, 7) is 9.57. The fourth-order valence-electron chi connectivity index (χ4n) is 5.22. The Hall–Kier alpha value is -3.53. The molecule has 0 radical (unpaired) electrons. The van der Waals surface area contributed by atoms with E-state index in [1.54, 1.807) is 16.8 Å². The molecule has 0 bridgehead atoms. The number of aromatic nitrogens is 3. The largest absolute Gasteiger partial charge is 0.416 e. The van der Waals surface area contributed by atoms with E-state index in [4.69, 9.17) is 4.98 Å². The van der Waals surface area contributed by atoms with Gasteiger partial charge >= 0.3 is 12.2 Å². The van der Waals surface area contributed by atoms with Gasteiger partial charge in [-0.25, -0.2) is 14.5 Å². The summed E-state index contributed by atoms with van der Waals surface area (Å²) in [4.78, 5) is 21.8. The minimum Gasteiger partial charge on any atom is -0.308 e. The maximum atomic E-state index is 14.0. The van der Waals surface area contributed by atoms with E-state index in [1.165, 1.54) is 12.1 Å². The monoisotopic (exact) mass is 611 g/mol. The quantitative estimate of drug-likeness (QED) is 0.277. The highest BCUT2D eigenvalue weighted by molar-refractivity contribution is 7.28. The topological polar surface area (TPSA) is 78.3 Å². The second-order valence-electron chi connectivity index (χ2n) is 12.1. The zero-order valence-electron chi connectivity index (χ0n) is 25.0. The van der Waals surface area contributed by atoms with Crippen LogP contribution in [0.2, 0.25) is 0 Å². The van der Waals surface area contributed by atoms with Crippen molar-refractivity contribution < 1.29 is 18.0 Å². The van der Waals surface area contributed by atoms with Crippen molar-refractivity contribution in [2.24, 2.45) is 7.05 Å². The van der Waals surface area contributed by atoms with E-state index in [1.807, 2.05) is 31.1 Å². The Morgan fingerprint density at radius 2 is 1.56 bits per heavy atom. The van der Waals surface area contributed by atoms with Gasteiger partial charge in [0.15, 0.2) is 5.65 Å². The number of carbonyl (C=O) groups is 1. The fraction of sp³-hybridized carbons (Fsp3) is 0.387. The van der Waals surface area contributed by atoms with E-state index < -0.39 is 17.8 Å². The van der Waals surface area contributed by atoms with Gasteiger partial charge in [0.2, 0.25) is 0 Å². The highest BCUT2D eigenvalue weighted by Gasteiger charge is 2.34. The number of anilines is 2. The number of benzene rings is 2. The number of aryl methyl sites for hydroxylation is 1. The number of carbonyl (C=O) groups excluding carboxylic acids is 1. The Kier molecular flexibility index (Phi) is 8.53. The van der Waals surface area contributed by atoms with Crippen LogP contribution < -0.4 is 16.1 Å². The molecule has 1 fully saturated rings. The van der Waals surface area contributed by atoms with Crippen molar-refractivity contribution in [3.63, 3.8) is 0 Å². The van der Waals surface area contributed by atoms with Gasteiger partial charge in [-0.2, -0.15) is 18.3 Å². The molecule has 1 unspecified atom stereocenters. The SMILES string of the molecule is CN1CCN(Cc2ccc(NC(=O)Nc3ccc(-c4cc(C(C)(C)C)nc5c4c(P)nn5C)cc3)cc2C(F)(F)F)CC1. The van der Waals surface area contributed by atoms with E-state index in [-0.39, 0.29) is 23.2 Å². The molecule has 2 aromatic carbocycles. The first-order chi connectivity index (χ1) is 20.2. The number of piperazine rings is 1. The summed E-state index contributed by atoms with van der Waals surface area (Å²) in [7, 11) is 6.53. The molecule has 8 nitrogen and oxygen atoms in total. The molecule has 1 saturated heterocycles. The van der Waals surface area contributed by atoms with Crippen molar-refractivity contribution in [1.29, 1.82) is 0 Å². The minimum atomic E-state index is -4.54. The fourth-order valence-corrected chi connectivity index (χ4v) is 5.68. The highest BCUT2D eigenvalue weighted by atomic mass is 31.0. The lowest BCUT2D eigenvalue weighted by atomic mass is 9.89. The van der Waals surface area contributed by atoms with Crippen molar-refractivity contribution >= 4 is 43.1 Å². The van der Waals surface area contributed by atoms with E-state index in [9.17, 15) is 18.0 Å².